The van der Waals surface area contributed by atoms with E-state index in [-0.39, 0.29) is 0 Å². The third-order valence-electron chi connectivity index (χ3n) is 3.18. The fourth-order valence-electron chi connectivity index (χ4n) is 2.19. The lowest BCUT2D eigenvalue weighted by atomic mass is 10.2. The van der Waals surface area contributed by atoms with Crippen molar-refractivity contribution in [3.63, 3.8) is 0 Å². The number of ether oxygens (including phenoxy) is 2. The average Bonchev–Trinajstić information content (AvgIpc) is 2.93. The molecule has 2 aromatic rings. The largest absolute Gasteiger partial charge is 0.493 e. The number of nitrogens with zero attached hydrogens (tertiary/aromatic N) is 2. The van der Waals surface area contributed by atoms with E-state index in [0.29, 0.717) is 13.2 Å². The maximum Gasteiger partial charge on any atom is 0.163 e. The number of nitrogens with one attached hydrogen (secondary N) is 1. The van der Waals surface area contributed by atoms with E-state index in [0.717, 1.165) is 36.0 Å². The van der Waals surface area contributed by atoms with E-state index in [1.807, 2.05) is 37.5 Å². The zero-order valence-electron chi connectivity index (χ0n) is 12.9. The second-order valence-corrected chi connectivity index (χ2v) is 4.69. The predicted octanol–water partition coefficient (Wildman–Crippen LogP) is 3.31. The smallest absolute Gasteiger partial charge is 0.163 e. The topological polar surface area (TPSA) is 48.3 Å². The summed E-state index contributed by atoms with van der Waals surface area (Å²) in [7, 11) is 1.65. The molecule has 0 saturated carbocycles. The first-order valence-electron chi connectivity index (χ1n) is 7.33. The second kappa shape index (κ2) is 7.57. The molecule has 0 radical (unpaired) electrons. The minimum atomic E-state index is 0.612. The Morgan fingerprint density at radius 3 is 2.81 bits per heavy atom. The van der Waals surface area contributed by atoms with Gasteiger partial charge in [0.1, 0.15) is 5.82 Å². The van der Waals surface area contributed by atoms with Gasteiger partial charge in [-0.15, -0.1) is 0 Å². The molecule has 1 aromatic carbocycles. The Morgan fingerprint density at radius 1 is 1.24 bits per heavy atom. The number of hydrogen-bond acceptors (Lipinski definition) is 4. The van der Waals surface area contributed by atoms with Crippen molar-refractivity contribution in [1.29, 1.82) is 0 Å². The van der Waals surface area contributed by atoms with Crippen molar-refractivity contribution in [3.8, 4) is 11.5 Å². The van der Waals surface area contributed by atoms with Crippen LogP contribution in [0.3, 0.4) is 0 Å². The number of aromatic nitrogens is 2. The number of imidazole rings is 1. The Kier molecular flexibility index (Phi) is 5.49. The highest BCUT2D eigenvalue weighted by atomic mass is 16.5. The van der Waals surface area contributed by atoms with Gasteiger partial charge in [0.05, 0.1) is 20.3 Å². The highest BCUT2D eigenvalue weighted by Crippen LogP contribution is 2.30. The van der Waals surface area contributed by atoms with Crippen molar-refractivity contribution >= 4 is 5.69 Å². The number of methoxy groups -OCH3 is 1. The van der Waals surface area contributed by atoms with Crippen LogP contribution in [-0.2, 0) is 13.1 Å². The summed E-state index contributed by atoms with van der Waals surface area (Å²) < 4.78 is 13.0. The highest BCUT2D eigenvalue weighted by Gasteiger charge is 2.06. The molecule has 5 heteroatoms. The minimum absolute atomic E-state index is 0.612. The lowest BCUT2D eigenvalue weighted by Crippen LogP contribution is -2.08. The van der Waals surface area contributed by atoms with E-state index in [1.54, 1.807) is 7.11 Å². The molecule has 0 aliphatic heterocycles. The third-order valence-corrected chi connectivity index (χ3v) is 3.18. The van der Waals surface area contributed by atoms with E-state index < -0.39 is 0 Å². The van der Waals surface area contributed by atoms with E-state index in [9.17, 15) is 0 Å². The van der Waals surface area contributed by atoms with Gasteiger partial charge in [0.15, 0.2) is 11.5 Å². The Balaban J connectivity index is 2.05. The quantitative estimate of drug-likeness (QED) is 0.810. The van der Waals surface area contributed by atoms with Gasteiger partial charge in [0, 0.05) is 30.7 Å². The average molecular weight is 289 g/mol. The van der Waals surface area contributed by atoms with Gasteiger partial charge >= 0.3 is 0 Å². The van der Waals surface area contributed by atoms with E-state index >= 15 is 0 Å². The van der Waals surface area contributed by atoms with Gasteiger partial charge < -0.3 is 19.4 Å². The van der Waals surface area contributed by atoms with Crippen molar-refractivity contribution in [2.45, 2.75) is 33.4 Å². The van der Waals surface area contributed by atoms with E-state index in [4.69, 9.17) is 9.47 Å². The maximum absolute atomic E-state index is 5.58. The number of rotatable bonds is 8. The number of hydrogen-bond donors (Lipinski definition) is 1. The molecule has 0 spiro atoms. The summed E-state index contributed by atoms with van der Waals surface area (Å²) in [6, 6.07) is 5.84. The molecular weight excluding hydrogens is 266 g/mol. The first-order chi connectivity index (χ1) is 10.3. The molecule has 114 valence electrons. The molecule has 21 heavy (non-hydrogen) atoms. The van der Waals surface area contributed by atoms with Crippen LogP contribution in [0.1, 0.15) is 26.1 Å². The zero-order chi connectivity index (χ0) is 15.1. The molecule has 0 bridgehead atoms. The van der Waals surface area contributed by atoms with Crippen molar-refractivity contribution < 1.29 is 9.47 Å². The highest BCUT2D eigenvalue weighted by molar-refractivity contribution is 5.54. The van der Waals surface area contributed by atoms with Gasteiger partial charge in [-0.05, 0) is 25.5 Å². The number of aryl methyl sites for hydroxylation is 1. The van der Waals surface area contributed by atoms with Crippen LogP contribution in [0, 0.1) is 0 Å². The van der Waals surface area contributed by atoms with Crippen LogP contribution in [0.2, 0.25) is 0 Å². The molecular formula is C16H23N3O2. The molecule has 0 saturated heterocycles. The Bertz CT molecular complexity index is 566. The predicted molar refractivity (Wildman–Crippen MR) is 84.0 cm³/mol. The van der Waals surface area contributed by atoms with Crippen molar-refractivity contribution in [2.75, 3.05) is 19.0 Å². The molecule has 0 atom stereocenters. The van der Waals surface area contributed by atoms with Gasteiger partial charge in [-0.3, -0.25) is 0 Å². The van der Waals surface area contributed by atoms with Crippen LogP contribution in [0.25, 0.3) is 0 Å². The standard InChI is InChI=1S/C16H23N3O2/c1-4-9-19-10-8-17-16(19)12-18-13-6-7-14(20-3)15(11-13)21-5-2/h6-8,10-11,18H,4-5,9,12H2,1-3H3. The molecule has 0 aliphatic carbocycles. The molecule has 2 rings (SSSR count). The first kappa shape index (κ1) is 15.2. The summed E-state index contributed by atoms with van der Waals surface area (Å²) in [5.41, 5.74) is 0.991. The molecule has 0 fully saturated rings. The Morgan fingerprint density at radius 2 is 2.10 bits per heavy atom. The molecule has 1 heterocycles. The van der Waals surface area contributed by atoms with Crippen LogP contribution in [0.4, 0.5) is 5.69 Å². The summed E-state index contributed by atoms with van der Waals surface area (Å²) in [6.45, 7) is 6.41. The second-order valence-electron chi connectivity index (χ2n) is 4.69. The van der Waals surface area contributed by atoms with E-state index in [2.05, 4.69) is 21.8 Å². The Labute approximate surface area is 125 Å². The third kappa shape index (κ3) is 3.90. The fourth-order valence-corrected chi connectivity index (χ4v) is 2.19. The van der Waals surface area contributed by atoms with Gasteiger partial charge in [-0.25, -0.2) is 4.98 Å². The van der Waals surface area contributed by atoms with Gasteiger partial charge in [0.25, 0.3) is 0 Å². The molecule has 1 N–H and O–H groups in total. The summed E-state index contributed by atoms with van der Waals surface area (Å²) in [4.78, 5) is 4.39. The van der Waals surface area contributed by atoms with Gasteiger partial charge in [-0.1, -0.05) is 6.92 Å². The van der Waals surface area contributed by atoms with Crippen LogP contribution in [0.5, 0.6) is 11.5 Å². The molecule has 0 amide bonds. The van der Waals surface area contributed by atoms with Crippen molar-refractivity contribution in [1.82, 2.24) is 9.55 Å². The normalized spacial score (nSPS) is 10.4. The lowest BCUT2D eigenvalue weighted by molar-refractivity contribution is 0.311. The lowest BCUT2D eigenvalue weighted by Gasteiger charge is -2.13. The van der Waals surface area contributed by atoms with Crippen LogP contribution < -0.4 is 14.8 Å². The minimum Gasteiger partial charge on any atom is -0.493 e. The monoisotopic (exact) mass is 289 g/mol. The SMILES string of the molecule is CCCn1ccnc1CNc1ccc(OC)c(OCC)c1. The molecule has 5 nitrogen and oxygen atoms in total. The van der Waals surface area contributed by atoms with Crippen LogP contribution in [0.15, 0.2) is 30.6 Å². The summed E-state index contributed by atoms with van der Waals surface area (Å²) >= 11 is 0. The summed E-state index contributed by atoms with van der Waals surface area (Å²) in [5, 5.41) is 3.38. The van der Waals surface area contributed by atoms with Crippen LogP contribution in [-0.4, -0.2) is 23.3 Å². The first-order valence-corrected chi connectivity index (χ1v) is 7.33. The zero-order valence-corrected chi connectivity index (χ0v) is 12.9. The molecule has 1 aromatic heterocycles. The van der Waals surface area contributed by atoms with Crippen LogP contribution >= 0.6 is 0 Å². The van der Waals surface area contributed by atoms with Crippen molar-refractivity contribution in [2.24, 2.45) is 0 Å². The maximum atomic E-state index is 5.58. The molecule has 0 unspecified atom stereocenters. The number of benzene rings is 1. The van der Waals surface area contributed by atoms with Gasteiger partial charge in [0.2, 0.25) is 0 Å². The van der Waals surface area contributed by atoms with Gasteiger partial charge in [-0.2, -0.15) is 0 Å². The molecule has 0 aliphatic rings. The summed E-state index contributed by atoms with van der Waals surface area (Å²) in [5.74, 6) is 2.53. The Hall–Kier alpha value is -2.17. The fraction of sp³-hybridized carbons (Fsp3) is 0.438. The van der Waals surface area contributed by atoms with Crippen molar-refractivity contribution in [3.05, 3.63) is 36.4 Å². The summed E-state index contributed by atoms with van der Waals surface area (Å²) in [6.07, 6.45) is 4.95. The number of anilines is 1. The van der Waals surface area contributed by atoms with E-state index in [1.165, 1.54) is 0 Å².